The Morgan fingerprint density at radius 1 is 1.36 bits per heavy atom. The van der Waals surface area contributed by atoms with Crippen molar-refractivity contribution in [3.8, 4) is 0 Å². The van der Waals surface area contributed by atoms with Gasteiger partial charge in [0, 0.05) is 32.5 Å². The van der Waals surface area contributed by atoms with Gasteiger partial charge in [0.2, 0.25) is 5.95 Å². The summed E-state index contributed by atoms with van der Waals surface area (Å²) in [6.07, 6.45) is 4.76. The smallest absolute Gasteiger partial charge is 0.225 e. The maximum atomic E-state index is 4.29. The fraction of sp³-hybridized carbons (Fsp3) is 0.600. The van der Waals surface area contributed by atoms with Crippen LogP contribution in [0.25, 0.3) is 0 Å². The molecule has 4 heteroatoms. The molecule has 0 fully saturated rings. The van der Waals surface area contributed by atoms with Gasteiger partial charge in [0.1, 0.15) is 0 Å². The van der Waals surface area contributed by atoms with Crippen molar-refractivity contribution in [1.29, 1.82) is 0 Å². The summed E-state index contributed by atoms with van der Waals surface area (Å²) in [4.78, 5) is 10.6. The van der Waals surface area contributed by atoms with Crippen LogP contribution in [0.1, 0.15) is 12.5 Å². The minimum Gasteiger partial charge on any atom is -0.343 e. The van der Waals surface area contributed by atoms with E-state index in [4.69, 9.17) is 0 Å². The molecule has 1 aromatic rings. The van der Waals surface area contributed by atoms with E-state index in [1.165, 1.54) is 5.56 Å². The molecule has 0 aliphatic carbocycles. The van der Waals surface area contributed by atoms with E-state index >= 15 is 0 Å². The lowest BCUT2D eigenvalue weighted by Crippen LogP contribution is -2.28. The summed E-state index contributed by atoms with van der Waals surface area (Å²) in [6, 6.07) is 0. The summed E-state index contributed by atoms with van der Waals surface area (Å²) in [7, 11) is 3.94. The molecule has 1 rings (SSSR count). The van der Waals surface area contributed by atoms with Crippen molar-refractivity contribution in [3.05, 3.63) is 18.0 Å². The van der Waals surface area contributed by atoms with Crippen LogP contribution in [0.5, 0.6) is 0 Å². The zero-order valence-corrected chi connectivity index (χ0v) is 9.12. The summed E-state index contributed by atoms with van der Waals surface area (Å²) in [5.74, 6) is 0.789. The number of hydrogen-bond acceptors (Lipinski definition) is 4. The largest absolute Gasteiger partial charge is 0.343 e. The summed E-state index contributed by atoms with van der Waals surface area (Å²) in [5, 5.41) is 3.09. The third-order valence-corrected chi connectivity index (χ3v) is 2.14. The quantitative estimate of drug-likeness (QED) is 0.749. The normalized spacial score (nSPS) is 10.2. The lowest BCUT2D eigenvalue weighted by Gasteiger charge is -2.16. The summed E-state index contributed by atoms with van der Waals surface area (Å²) in [5.41, 5.74) is 1.18. The summed E-state index contributed by atoms with van der Waals surface area (Å²) >= 11 is 0. The number of hydrogen-bond donors (Lipinski definition) is 1. The molecule has 0 atom stereocenters. The van der Waals surface area contributed by atoms with Gasteiger partial charge in [-0.2, -0.15) is 0 Å². The zero-order valence-electron chi connectivity index (χ0n) is 9.12. The second-order valence-electron chi connectivity index (χ2n) is 3.27. The first-order chi connectivity index (χ1) is 6.77. The van der Waals surface area contributed by atoms with E-state index in [1.807, 2.05) is 31.4 Å². The Hall–Kier alpha value is -1.16. The SMILES string of the molecule is CCc1cnc(N(C)CCNC)nc1. The molecule has 0 radical (unpaired) electrons. The van der Waals surface area contributed by atoms with E-state index in [-0.39, 0.29) is 0 Å². The molecule has 0 saturated carbocycles. The minimum atomic E-state index is 0.789. The molecular weight excluding hydrogens is 176 g/mol. The molecule has 0 aliphatic heterocycles. The Bertz CT molecular complexity index is 257. The van der Waals surface area contributed by atoms with Crippen LogP contribution in [-0.2, 0) is 6.42 Å². The third-order valence-electron chi connectivity index (χ3n) is 2.14. The third kappa shape index (κ3) is 2.96. The van der Waals surface area contributed by atoms with Crippen LogP contribution < -0.4 is 10.2 Å². The highest BCUT2D eigenvalue weighted by atomic mass is 15.2. The highest BCUT2D eigenvalue weighted by Crippen LogP contribution is 2.04. The molecule has 0 bridgehead atoms. The van der Waals surface area contributed by atoms with Crippen molar-refractivity contribution < 1.29 is 0 Å². The maximum absolute atomic E-state index is 4.29. The van der Waals surface area contributed by atoms with E-state index < -0.39 is 0 Å². The van der Waals surface area contributed by atoms with E-state index in [1.54, 1.807) is 0 Å². The van der Waals surface area contributed by atoms with Crippen LogP contribution in [0, 0.1) is 0 Å². The van der Waals surface area contributed by atoms with E-state index in [9.17, 15) is 0 Å². The minimum absolute atomic E-state index is 0.789. The van der Waals surface area contributed by atoms with Crippen molar-refractivity contribution in [1.82, 2.24) is 15.3 Å². The monoisotopic (exact) mass is 194 g/mol. The lowest BCUT2D eigenvalue weighted by molar-refractivity contribution is 0.752. The van der Waals surface area contributed by atoms with Crippen molar-refractivity contribution in [3.63, 3.8) is 0 Å². The highest BCUT2D eigenvalue weighted by molar-refractivity contribution is 5.28. The fourth-order valence-corrected chi connectivity index (χ4v) is 1.11. The molecule has 1 N–H and O–H groups in total. The Labute approximate surface area is 85.4 Å². The molecule has 0 spiro atoms. The number of aryl methyl sites for hydroxylation is 1. The predicted octanol–water partition coefficient (Wildman–Crippen LogP) is 0.695. The van der Waals surface area contributed by atoms with Gasteiger partial charge in [0.25, 0.3) is 0 Å². The van der Waals surface area contributed by atoms with Gasteiger partial charge in [0.05, 0.1) is 0 Å². The molecule has 0 saturated heterocycles. The molecule has 1 aromatic heterocycles. The van der Waals surface area contributed by atoms with Gasteiger partial charge >= 0.3 is 0 Å². The summed E-state index contributed by atoms with van der Waals surface area (Å²) in [6.45, 7) is 3.96. The van der Waals surface area contributed by atoms with Gasteiger partial charge < -0.3 is 10.2 Å². The van der Waals surface area contributed by atoms with Gasteiger partial charge in [-0.25, -0.2) is 9.97 Å². The van der Waals surface area contributed by atoms with Crippen molar-refractivity contribution in [2.75, 3.05) is 32.1 Å². The number of anilines is 1. The molecule has 0 aromatic carbocycles. The van der Waals surface area contributed by atoms with Crippen molar-refractivity contribution in [2.24, 2.45) is 0 Å². The molecule has 14 heavy (non-hydrogen) atoms. The topological polar surface area (TPSA) is 41.1 Å². The van der Waals surface area contributed by atoms with Gasteiger partial charge in [0.15, 0.2) is 0 Å². The number of aromatic nitrogens is 2. The van der Waals surface area contributed by atoms with Crippen molar-refractivity contribution in [2.45, 2.75) is 13.3 Å². The van der Waals surface area contributed by atoms with Crippen LogP contribution in [0.4, 0.5) is 5.95 Å². The van der Waals surface area contributed by atoms with Crippen molar-refractivity contribution >= 4 is 5.95 Å². The number of nitrogens with one attached hydrogen (secondary N) is 1. The van der Waals surface area contributed by atoms with Gasteiger partial charge in [-0.3, -0.25) is 0 Å². The second-order valence-corrected chi connectivity index (χ2v) is 3.27. The number of nitrogens with zero attached hydrogens (tertiary/aromatic N) is 3. The van der Waals surface area contributed by atoms with Gasteiger partial charge in [-0.15, -0.1) is 0 Å². The summed E-state index contributed by atoms with van der Waals surface area (Å²) < 4.78 is 0. The average Bonchev–Trinajstić information content (AvgIpc) is 2.26. The first kappa shape index (κ1) is 10.9. The van der Waals surface area contributed by atoms with Gasteiger partial charge in [-0.1, -0.05) is 6.92 Å². The van der Waals surface area contributed by atoms with Crippen LogP contribution in [0.2, 0.25) is 0 Å². The fourth-order valence-electron chi connectivity index (χ4n) is 1.11. The first-order valence-electron chi connectivity index (χ1n) is 4.94. The zero-order chi connectivity index (χ0) is 10.4. The molecular formula is C10H18N4. The Kier molecular flexibility index (Phi) is 4.32. The van der Waals surface area contributed by atoms with E-state index in [0.717, 1.165) is 25.5 Å². The Balaban J connectivity index is 2.57. The van der Waals surface area contributed by atoms with Crippen LogP contribution in [0.15, 0.2) is 12.4 Å². The van der Waals surface area contributed by atoms with Crippen LogP contribution in [-0.4, -0.2) is 37.2 Å². The number of likely N-dealkylation sites (N-methyl/N-ethyl adjacent to an activating group) is 2. The average molecular weight is 194 g/mol. The predicted molar refractivity (Wildman–Crippen MR) is 58.6 cm³/mol. The molecule has 1 heterocycles. The van der Waals surface area contributed by atoms with Gasteiger partial charge in [-0.05, 0) is 19.0 Å². The molecule has 0 amide bonds. The molecule has 78 valence electrons. The van der Waals surface area contributed by atoms with Crippen LogP contribution >= 0.6 is 0 Å². The van der Waals surface area contributed by atoms with Crippen LogP contribution in [0.3, 0.4) is 0 Å². The highest BCUT2D eigenvalue weighted by Gasteiger charge is 2.02. The maximum Gasteiger partial charge on any atom is 0.225 e. The molecule has 4 nitrogen and oxygen atoms in total. The second kappa shape index (κ2) is 5.54. The molecule has 0 aliphatic rings. The molecule has 0 unspecified atom stereocenters. The van der Waals surface area contributed by atoms with E-state index in [0.29, 0.717) is 0 Å². The number of rotatable bonds is 5. The Morgan fingerprint density at radius 3 is 2.50 bits per heavy atom. The Morgan fingerprint density at radius 2 is 2.00 bits per heavy atom. The first-order valence-corrected chi connectivity index (χ1v) is 4.94. The standard InChI is InChI=1S/C10H18N4/c1-4-9-7-12-10(13-8-9)14(3)6-5-11-2/h7-8,11H,4-6H2,1-3H3. The lowest BCUT2D eigenvalue weighted by atomic mass is 10.3. The van der Waals surface area contributed by atoms with E-state index in [2.05, 4.69) is 22.2 Å².